The van der Waals surface area contributed by atoms with E-state index in [1.807, 2.05) is 0 Å². The summed E-state index contributed by atoms with van der Waals surface area (Å²) in [7, 11) is 0.710. The van der Waals surface area contributed by atoms with Gasteiger partial charge in [-0.15, -0.1) is 0 Å². The summed E-state index contributed by atoms with van der Waals surface area (Å²) in [5.74, 6) is -3.63. The molecule has 0 unspecified atom stereocenters. The van der Waals surface area contributed by atoms with Crippen molar-refractivity contribution in [3.8, 4) is 5.75 Å². The molecular weight excluding hydrogens is 271 g/mol. The number of rotatable bonds is 3. The molecule has 0 spiro atoms. The molecule has 2 rings (SSSR count). The van der Waals surface area contributed by atoms with Gasteiger partial charge in [-0.2, -0.15) is 0 Å². The lowest BCUT2D eigenvalue weighted by Gasteiger charge is -2.10. The van der Waals surface area contributed by atoms with Gasteiger partial charge in [0.05, 0.1) is 7.11 Å². The lowest BCUT2D eigenvalue weighted by molar-refractivity contribution is 0.386. The van der Waals surface area contributed by atoms with Crippen molar-refractivity contribution < 1.29 is 22.3 Å². The second-order valence-corrected chi connectivity index (χ2v) is 4.38. The fraction of sp³-hybridized carbons (Fsp3) is 0.143. The topological polar surface area (TPSA) is 9.23 Å². The zero-order chi connectivity index (χ0) is 14.9. The van der Waals surface area contributed by atoms with Crippen molar-refractivity contribution >= 4 is 18.2 Å². The number of benzene rings is 2. The van der Waals surface area contributed by atoms with E-state index in [1.165, 1.54) is 20.1 Å². The van der Waals surface area contributed by atoms with Crippen molar-refractivity contribution in [2.24, 2.45) is 0 Å². The highest BCUT2D eigenvalue weighted by atomic mass is 19.1. The molecule has 0 amide bonds. The van der Waals surface area contributed by atoms with Crippen LogP contribution < -0.4 is 15.7 Å². The minimum absolute atomic E-state index is 0.171. The van der Waals surface area contributed by atoms with Crippen LogP contribution >= 0.6 is 0 Å². The van der Waals surface area contributed by atoms with Crippen LogP contribution in [0.1, 0.15) is 5.56 Å². The molecule has 20 heavy (non-hydrogen) atoms. The lowest BCUT2D eigenvalue weighted by Crippen LogP contribution is -2.36. The molecule has 2 aromatic carbocycles. The Labute approximate surface area is 114 Å². The maximum absolute atomic E-state index is 14.0. The molecule has 1 nitrogen and oxygen atoms in total. The smallest absolute Gasteiger partial charge is 0.207 e. The van der Waals surface area contributed by atoms with E-state index in [9.17, 15) is 17.6 Å². The third-order valence-electron chi connectivity index (χ3n) is 3.10. The summed E-state index contributed by atoms with van der Waals surface area (Å²) in [6.45, 7) is 1.45. The Morgan fingerprint density at radius 3 is 2.00 bits per heavy atom. The molecule has 0 aromatic heterocycles. The minimum atomic E-state index is -0.951. The molecule has 0 radical (unpaired) electrons. The number of halogens is 4. The van der Waals surface area contributed by atoms with E-state index in [2.05, 4.69) is 0 Å². The Kier molecular flexibility index (Phi) is 4.02. The third kappa shape index (κ3) is 2.50. The number of aryl methyl sites for hydroxylation is 1. The zero-order valence-corrected chi connectivity index (χ0v) is 10.9. The van der Waals surface area contributed by atoms with Gasteiger partial charge in [0, 0.05) is 0 Å². The van der Waals surface area contributed by atoms with E-state index >= 15 is 0 Å². The average molecular weight is 282 g/mol. The summed E-state index contributed by atoms with van der Waals surface area (Å²) in [5, 5.41) is 0. The molecule has 0 heterocycles. The van der Waals surface area contributed by atoms with Crippen LogP contribution in [0.25, 0.3) is 0 Å². The van der Waals surface area contributed by atoms with Crippen LogP contribution in [0.15, 0.2) is 24.3 Å². The van der Waals surface area contributed by atoms with Crippen LogP contribution in [-0.4, -0.2) is 14.4 Å². The van der Waals surface area contributed by atoms with E-state index in [0.717, 1.165) is 18.2 Å². The van der Waals surface area contributed by atoms with Crippen LogP contribution in [-0.2, 0) is 0 Å². The van der Waals surface area contributed by atoms with Crippen LogP contribution in [0.3, 0.4) is 0 Å². The van der Waals surface area contributed by atoms with Gasteiger partial charge < -0.3 is 4.74 Å². The molecule has 0 atom stereocenters. The summed E-state index contributed by atoms with van der Waals surface area (Å²) >= 11 is 0. The summed E-state index contributed by atoms with van der Waals surface area (Å²) in [6, 6.07) is 4.47. The largest absolute Gasteiger partial charge is 0.494 e. The van der Waals surface area contributed by atoms with Gasteiger partial charge in [-0.05, 0) is 41.6 Å². The van der Waals surface area contributed by atoms with Gasteiger partial charge in [0.2, 0.25) is 7.28 Å². The third-order valence-corrected chi connectivity index (χ3v) is 3.10. The van der Waals surface area contributed by atoms with Crippen LogP contribution in [0, 0.1) is 30.2 Å². The first-order valence-corrected chi connectivity index (χ1v) is 5.90. The molecule has 0 bridgehead atoms. The Morgan fingerprint density at radius 1 is 0.850 bits per heavy atom. The molecule has 104 valence electrons. The highest BCUT2D eigenvalue weighted by molar-refractivity contribution is 6.67. The first kappa shape index (κ1) is 14.4. The van der Waals surface area contributed by atoms with Crippen molar-refractivity contribution in [1.82, 2.24) is 0 Å². The molecular formula is C14H11BF4O. The molecule has 6 heteroatoms. The molecule has 0 aliphatic heterocycles. The fourth-order valence-electron chi connectivity index (χ4n) is 1.95. The first-order valence-electron chi connectivity index (χ1n) is 5.90. The van der Waals surface area contributed by atoms with Crippen molar-refractivity contribution in [1.29, 1.82) is 0 Å². The van der Waals surface area contributed by atoms with Crippen molar-refractivity contribution in [3.05, 3.63) is 53.1 Å². The van der Waals surface area contributed by atoms with Gasteiger partial charge in [0.1, 0.15) is 17.5 Å². The standard InChI is InChI=1S/C14H11BF4O/c1-7-3-4-8(16)11(13(7)18)15-12-9(17)5-6-10(20-2)14(12)19/h3-6,15H,1-2H3. The average Bonchev–Trinajstić information content (AvgIpc) is 2.42. The molecule has 0 saturated carbocycles. The normalized spacial score (nSPS) is 10.5. The maximum Gasteiger partial charge on any atom is 0.207 e. The van der Waals surface area contributed by atoms with E-state index in [-0.39, 0.29) is 16.8 Å². The van der Waals surface area contributed by atoms with Gasteiger partial charge in [0.15, 0.2) is 11.6 Å². The van der Waals surface area contributed by atoms with Gasteiger partial charge in [-0.25, -0.2) is 17.6 Å². The molecule has 2 aromatic rings. The van der Waals surface area contributed by atoms with Gasteiger partial charge in [-0.3, -0.25) is 0 Å². The first-order chi connectivity index (χ1) is 9.45. The molecule has 0 saturated heterocycles. The highest BCUT2D eigenvalue weighted by Crippen LogP contribution is 2.15. The number of ether oxygens (including phenoxy) is 1. The van der Waals surface area contributed by atoms with Gasteiger partial charge in [-0.1, -0.05) is 6.07 Å². The van der Waals surface area contributed by atoms with Crippen LogP contribution in [0.4, 0.5) is 17.6 Å². The predicted molar refractivity (Wildman–Crippen MR) is 70.4 cm³/mol. The summed E-state index contributed by atoms with van der Waals surface area (Å²) in [6.07, 6.45) is 0. The van der Waals surface area contributed by atoms with E-state index in [4.69, 9.17) is 4.74 Å². The summed E-state index contributed by atoms with van der Waals surface area (Å²) < 4.78 is 59.9. The van der Waals surface area contributed by atoms with Crippen molar-refractivity contribution in [3.63, 3.8) is 0 Å². The van der Waals surface area contributed by atoms with Gasteiger partial charge >= 0.3 is 0 Å². The van der Waals surface area contributed by atoms with Crippen molar-refractivity contribution in [2.45, 2.75) is 6.92 Å². The Balaban J connectivity index is 2.53. The minimum Gasteiger partial charge on any atom is -0.494 e. The van der Waals surface area contributed by atoms with E-state index in [0.29, 0.717) is 0 Å². The monoisotopic (exact) mass is 282 g/mol. The van der Waals surface area contributed by atoms with Crippen molar-refractivity contribution in [2.75, 3.05) is 7.11 Å². The maximum atomic E-state index is 14.0. The number of hydrogen-bond donors (Lipinski definition) is 0. The van der Waals surface area contributed by atoms with Crippen LogP contribution in [0.5, 0.6) is 5.75 Å². The number of methoxy groups -OCH3 is 1. The predicted octanol–water partition coefficient (Wildman–Crippen LogP) is 1.95. The lowest BCUT2D eigenvalue weighted by atomic mass is 9.62. The van der Waals surface area contributed by atoms with Crippen LogP contribution in [0.2, 0.25) is 0 Å². The second kappa shape index (κ2) is 5.57. The zero-order valence-electron chi connectivity index (χ0n) is 10.9. The summed E-state index contributed by atoms with van der Waals surface area (Å²) in [4.78, 5) is 0. The second-order valence-electron chi connectivity index (χ2n) is 4.38. The van der Waals surface area contributed by atoms with Gasteiger partial charge in [0.25, 0.3) is 0 Å². The molecule has 0 aliphatic carbocycles. The number of hydrogen-bond acceptors (Lipinski definition) is 1. The molecule has 0 fully saturated rings. The van der Waals surface area contributed by atoms with E-state index < -0.39 is 36.0 Å². The molecule has 0 N–H and O–H groups in total. The Bertz CT molecular complexity index is 658. The SMILES string of the molecule is COc1ccc(F)c(Bc2c(F)ccc(C)c2F)c1F. The fourth-order valence-corrected chi connectivity index (χ4v) is 1.95. The molecule has 0 aliphatic rings. The Morgan fingerprint density at radius 2 is 1.40 bits per heavy atom. The Hall–Kier alpha value is -1.98. The summed E-state index contributed by atoms with van der Waals surface area (Å²) in [5.41, 5.74) is -0.575. The van der Waals surface area contributed by atoms with E-state index in [1.54, 1.807) is 0 Å². The highest BCUT2D eigenvalue weighted by Gasteiger charge is 2.20. The quantitative estimate of drug-likeness (QED) is 0.617.